The third-order valence-electron chi connectivity index (χ3n) is 1.98. The third kappa shape index (κ3) is 4.99. The zero-order valence-electron chi connectivity index (χ0n) is 9.28. The molecule has 1 aromatic carbocycles. The van der Waals surface area contributed by atoms with Gasteiger partial charge in [0, 0.05) is 23.6 Å². The lowest BCUT2D eigenvalue weighted by Crippen LogP contribution is -2.25. The van der Waals surface area contributed by atoms with Gasteiger partial charge < -0.3 is 10.4 Å². The summed E-state index contributed by atoms with van der Waals surface area (Å²) in [6.45, 7) is 4.24. The number of amides is 1. The van der Waals surface area contributed by atoms with Gasteiger partial charge in [0.2, 0.25) is 0 Å². The molecule has 0 spiro atoms. The van der Waals surface area contributed by atoms with Gasteiger partial charge in [0.25, 0.3) is 5.91 Å². The van der Waals surface area contributed by atoms with Gasteiger partial charge in [-0.25, -0.2) is 0 Å². The molecule has 92 valence electrons. The quantitative estimate of drug-likeness (QED) is 0.464. The van der Waals surface area contributed by atoms with Crippen LogP contribution in [0.25, 0.3) is 0 Å². The fourth-order valence-corrected chi connectivity index (χ4v) is 2.07. The van der Waals surface area contributed by atoms with Crippen LogP contribution in [0.3, 0.4) is 0 Å². The van der Waals surface area contributed by atoms with Gasteiger partial charge in [-0.2, -0.15) is 11.8 Å². The number of aromatic hydroxyl groups is 1. The van der Waals surface area contributed by atoms with E-state index in [0.717, 1.165) is 15.1 Å². The van der Waals surface area contributed by atoms with Gasteiger partial charge in [-0.15, -0.1) is 6.58 Å². The number of hydrogen-bond donors (Lipinski definition) is 2. The largest absolute Gasteiger partial charge is 0.507 e. The fraction of sp³-hybridized carbons (Fsp3) is 0.250. The number of halogens is 1. The van der Waals surface area contributed by atoms with E-state index in [1.165, 1.54) is 6.07 Å². The average molecular weight is 363 g/mol. The minimum absolute atomic E-state index is 0.138. The maximum absolute atomic E-state index is 11.7. The van der Waals surface area contributed by atoms with Crippen molar-refractivity contribution in [2.24, 2.45) is 0 Å². The molecule has 5 heteroatoms. The minimum atomic E-state index is -0.157. The molecule has 0 bridgehead atoms. The lowest BCUT2D eigenvalue weighted by Gasteiger charge is -2.05. The summed E-state index contributed by atoms with van der Waals surface area (Å²) in [6, 6.07) is 4.90. The molecule has 0 aliphatic carbocycles. The van der Waals surface area contributed by atoms with Crippen molar-refractivity contribution in [1.82, 2.24) is 5.32 Å². The molecule has 3 nitrogen and oxygen atoms in total. The molecular weight excluding hydrogens is 349 g/mol. The Hall–Kier alpha value is -0.690. The molecule has 0 atom stereocenters. The van der Waals surface area contributed by atoms with Gasteiger partial charge in [-0.3, -0.25) is 4.79 Å². The van der Waals surface area contributed by atoms with E-state index in [2.05, 4.69) is 11.9 Å². The number of carbonyl (C=O) groups is 1. The first-order chi connectivity index (χ1) is 8.15. The molecule has 0 aliphatic rings. The Balaban J connectivity index is 2.41. The van der Waals surface area contributed by atoms with E-state index in [4.69, 9.17) is 0 Å². The first kappa shape index (κ1) is 14.4. The highest BCUT2D eigenvalue weighted by molar-refractivity contribution is 14.1. The Bertz CT molecular complexity index is 409. The van der Waals surface area contributed by atoms with Crippen molar-refractivity contribution in [3.8, 4) is 5.75 Å². The molecular formula is C12H14INO2S. The summed E-state index contributed by atoms with van der Waals surface area (Å²) in [5.41, 5.74) is 0.483. The lowest BCUT2D eigenvalue weighted by molar-refractivity contribution is 0.0956. The topological polar surface area (TPSA) is 49.3 Å². The molecule has 0 aliphatic heterocycles. The van der Waals surface area contributed by atoms with Crippen molar-refractivity contribution in [1.29, 1.82) is 0 Å². The summed E-state index contributed by atoms with van der Waals surface area (Å²) in [6.07, 6.45) is 1.84. The summed E-state index contributed by atoms with van der Waals surface area (Å²) in [5.74, 6) is 1.73. The van der Waals surface area contributed by atoms with Crippen molar-refractivity contribution in [3.05, 3.63) is 40.0 Å². The molecule has 1 amide bonds. The van der Waals surface area contributed by atoms with E-state index >= 15 is 0 Å². The molecule has 2 N–H and O–H groups in total. The van der Waals surface area contributed by atoms with Crippen LogP contribution in [0, 0.1) is 3.57 Å². The Labute approximate surface area is 119 Å². The van der Waals surface area contributed by atoms with Crippen LogP contribution in [0.2, 0.25) is 0 Å². The third-order valence-corrected chi connectivity index (χ3v) is 3.85. The number of carbonyl (C=O) groups excluding carboxylic acids is 1. The fourth-order valence-electron chi connectivity index (χ4n) is 1.16. The molecule has 17 heavy (non-hydrogen) atoms. The van der Waals surface area contributed by atoms with Crippen molar-refractivity contribution in [3.63, 3.8) is 0 Å². The van der Waals surface area contributed by atoms with Crippen molar-refractivity contribution >= 4 is 40.3 Å². The van der Waals surface area contributed by atoms with Crippen LogP contribution in [0.4, 0.5) is 0 Å². The maximum Gasteiger partial charge on any atom is 0.251 e. The molecule has 1 aromatic rings. The maximum atomic E-state index is 11.7. The second-order valence-corrected chi connectivity index (χ2v) is 5.60. The number of nitrogens with one attached hydrogen (secondary N) is 1. The molecule has 0 radical (unpaired) electrons. The van der Waals surface area contributed by atoms with Gasteiger partial charge in [0.15, 0.2) is 0 Å². The van der Waals surface area contributed by atoms with Crippen LogP contribution < -0.4 is 5.32 Å². The normalized spacial score (nSPS) is 9.94. The van der Waals surface area contributed by atoms with Crippen molar-refractivity contribution in [2.75, 3.05) is 18.1 Å². The Morgan fingerprint density at radius 2 is 2.35 bits per heavy atom. The molecule has 0 heterocycles. The van der Waals surface area contributed by atoms with E-state index in [-0.39, 0.29) is 11.7 Å². The highest BCUT2D eigenvalue weighted by Crippen LogP contribution is 2.20. The lowest BCUT2D eigenvalue weighted by atomic mass is 10.2. The van der Waals surface area contributed by atoms with Gasteiger partial charge >= 0.3 is 0 Å². The van der Waals surface area contributed by atoms with Crippen molar-refractivity contribution < 1.29 is 9.90 Å². The monoisotopic (exact) mass is 363 g/mol. The van der Waals surface area contributed by atoms with Crippen LogP contribution in [0.5, 0.6) is 5.75 Å². The van der Waals surface area contributed by atoms with E-state index in [9.17, 15) is 9.90 Å². The first-order valence-corrected chi connectivity index (χ1v) is 7.34. The van der Waals surface area contributed by atoms with Gasteiger partial charge in [0.05, 0.1) is 3.57 Å². The first-order valence-electron chi connectivity index (χ1n) is 5.10. The summed E-state index contributed by atoms with van der Waals surface area (Å²) < 4.78 is 0.737. The molecule has 0 fully saturated rings. The van der Waals surface area contributed by atoms with Gasteiger partial charge in [-0.05, 0) is 40.8 Å². The van der Waals surface area contributed by atoms with Crippen LogP contribution >= 0.6 is 34.4 Å². The van der Waals surface area contributed by atoms with Crippen LogP contribution in [-0.4, -0.2) is 29.1 Å². The zero-order chi connectivity index (χ0) is 12.7. The summed E-state index contributed by atoms with van der Waals surface area (Å²) >= 11 is 3.73. The molecule has 0 unspecified atom stereocenters. The zero-order valence-corrected chi connectivity index (χ0v) is 12.3. The Morgan fingerprint density at radius 1 is 1.59 bits per heavy atom. The smallest absolute Gasteiger partial charge is 0.251 e. The van der Waals surface area contributed by atoms with Crippen molar-refractivity contribution in [2.45, 2.75) is 0 Å². The number of benzene rings is 1. The SMILES string of the molecule is C=CCSCCNC(=O)c1ccc(I)c(O)c1. The van der Waals surface area contributed by atoms with E-state index in [0.29, 0.717) is 12.1 Å². The van der Waals surface area contributed by atoms with Crippen LogP contribution in [-0.2, 0) is 0 Å². The number of thioether (sulfide) groups is 1. The number of rotatable bonds is 6. The molecule has 0 saturated heterocycles. The van der Waals surface area contributed by atoms with Gasteiger partial charge in [0.1, 0.15) is 5.75 Å². The second-order valence-electron chi connectivity index (χ2n) is 3.29. The standard InChI is InChI=1S/C12H14INO2S/c1-2-6-17-7-5-14-12(16)9-3-4-10(13)11(15)8-9/h2-4,8,15H,1,5-7H2,(H,14,16). The summed E-state index contributed by atoms with van der Waals surface area (Å²) in [5, 5.41) is 12.3. The highest BCUT2D eigenvalue weighted by atomic mass is 127. The predicted octanol–water partition coefficient (Wildman–Crippen LogP) is 2.65. The number of hydrogen-bond acceptors (Lipinski definition) is 3. The minimum Gasteiger partial charge on any atom is -0.507 e. The summed E-state index contributed by atoms with van der Waals surface area (Å²) in [4.78, 5) is 11.7. The number of phenolic OH excluding ortho intramolecular Hbond substituents is 1. The van der Waals surface area contributed by atoms with Crippen LogP contribution in [0.1, 0.15) is 10.4 Å². The molecule has 1 rings (SSSR count). The van der Waals surface area contributed by atoms with E-state index < -0.39 is 0 Å². The second kappa shape index (κ2) is 7.60. The van der Waals surface area contributed by atoms with Crippen LogP contribution in [0.15, 0.2) is 30.9 Å². The molecule has 0 aromatic heterocycles. The number of phenols is 1. The highest BCUT2D eigenvalue weighted by Gasteiger charge is 2.07. The van der Waals surface area contributed by atoms with Gasteiger partial charge in [-0.1, -0.05) is 6.08 Å². The average Bonchev–Trinajstić information content (AvgIpc) is 2.32. The Morgan fingerprint density at radius 3 is 3.00 bits per heavy atom. The molecule has 0 saturated carbocycles. The van der Waals surface area contributed by atoms with E-state index in [1.54, 1.807) is 23.9 Å². The Kier molecular flexibility index (Phi) is 6.43. The van der Waals surface area contributed by atoms with E-state index in [1.807, 2.05) is 28.7 Å². The summed E-state index contributed by atoms with van der Waals surface area (Å²) in [7, 11) is 0. The predicted molar refractivity (Wildman–Crippen MR) is 80.7 cm³/mol.